The summed E-state index contributed by atoms with van der Waals surface area (Å²) in [5.74, 6) is 0.605. The number of aryl methyl sites for hydroxylation is 2. The molecule has 0 saturated heterocycles. The van der Waals surface area contributed by atoms with Gasteiger partial charge in [0.1, 0.15) is 0 Å². The fourth-order valence-corrected chi connectivity index (χ4v) is 2.70. The molecular formula is C19H21N5O. The second-order valence-electron chi connectivity index (χ2n) is 6.09. The molecule has 3 rings (SSSR count). The third kappa shape index (κ3) is 3.42. The molecule has 0 aliphatic rings. The Labute approximate surface area is 147 Å². The number of carbonyl (C=O) groups is 1. The van der Waals surface area contributed by atoms with Crippen LogP contribution in [0.15, 0.2) is 48.8 Å². The Balaban J connectivity index is 1.80. The number of amides is 1. The zero-order valence-corrected chi connectivity index (χ0v) is 14.8. The fraction of sp³-hybridized carbons (Fsp3) is 0.263. The van der Waals surface area contributed by atoms with Crippen LogP contribution in [-0.4, -0.2) is 37.6 Å². The quantitative estimate of drug-likeness (QED) is 0.735. The zero-order chi connectivity index (χ0) is 18.0. The molecule has 6 heteroatoms. The number of carbonyl (C=O) groups excluding carboxylic acids is 1. The first-order chi connectivity index (χ1) is 12.0. The van der Waals surface area contributed by atoms with E-state index in [1.807, 2.05) is 51.1 Å². The van der Waals surface area contributed by atoms with E-state index in [1.165, 1.54) is 0 Å². The number of pyridine rings is 2. The highest BCUT2D eigenvalue weighted by Crippen LogP contribution is 2.19. The van der Waals surface area contributed by atoms with Crippen LogP contribution in [-0.2, 0) is 0 Å². The molecule has 0 unspecified atom stereocenters. The normalized spacial score (nSPS) is 12.0. The number of hydrogen-bond acceptors (Lipinski definition) is 4. The van der Waals surface area contributed by atoms with E-state index in [9.17, 15) is 4.79 Å². The maximum Gasteiger partial charge on any atom is 0.255 e. The van der Waals surface area contributed by atoms with Gasteiger partial charge in [-0.25, -0.2) is 9.67 Å². The van der Waals surface area contributed by atoms with E-state index in [0.717, 1.165) is 17.1 Å². The summed E-state index contributed by atoms with van der Waals surface area (Å²) in [6.45, 7) is 5.87. The van der Waals surface area contributed by atoms with E-state index in [-0.39, 0.29) is 11.9 Å². The predicted molar refractivity (Wildman–Crippen MR) is 95.6 cm³/mol. The Hall–Kier alpha value is -3.02. The topological polar surface area (TPSA) is 63.9 Å². The number of aromatic nitrogens is 4. The lowest BCUT2D eigenvalue weighted by Gasteiger charge is -2.24. The van der Waals surface area contributed by atoms with E-state index in [2.05, 4.69) is 15.1 Å². The van der Waals surface area contributed by atoms with E-state index < -0.39 is 0 Å². The molecule has 0 bridgehead atoms. The summed E-state index contributed by atoms with van der Waals surface area (Å²) in [7, 11) is 1.77. The van der Waals surface area contributed by atoms with Gasteiger partial charge in [-0.1, -0.05) is 6.07 Å². The van der Waals surface area contributed by atoms with Gasteiger partial charge in [0.05, 0.1) is 23.0 Å². The lowest BCUT2D eigenvalue weighted by Crippen LogP contribution is -2.30. The minimum Gasteiger partial charge on any atom is -0.333 e. The van der Waals surface area contributed by atoms with Crippen molar-refractivity contribution in [1.29, 1.82) is 0 Å². The van der Waals surface area contributed by atoms with E-state index in [1.54, 1.807) is 35.1 Å². The zero-order valence-electron chi connectivity index (χ0n) is 14.8. The van der Waals surface area contributed by atoms with Crippen LogP contribution in [0, 0.1) is 13.8 Å². The van der Waals surface area contributed by atoms with Gasteiger partial charge in [0.2, 0.25) is 0 Å². The van der Waals surface area contributed by atoms with Crippen LogP contribution in [0.2, 0.25) is 0 Å². The van der Waals surface area contributed by atoms with Gasteiger partial charge < -0.3 is 4.90 Å². The fourth-order valence-electron chi connectivity index (χ4n) is 2.70. The molecule has 0 aromatic carbocycles. The molecule has 25 heavy (non-hydrogen) atoms. The number of nitrogens with zero attached hydrogens (tertiary/aromatic N) is 5. The Kier molecular flexibility index (Phi) is 4.61. The highest BCUT2D eigenvalue weighted by Gasteiger charge is 2.20. The van der Waals surface area contributed by atoms with Gasteiger partial charge in [-0.3, -0.25) is 9.78 Å². The Bertz CT molecular complexity index is 871. The second kappa shape index (κ2) is 6.84. The van der Waals surface area contributed by atoms with Crippen molar-refractivity contribution < 1.29 is 4.79 Å². The first-order valence-electron chi connectivity index (χ1n) is 8.15. The Morgan fingerprint density at radius 1 is 1.16 bits per heavy atom. The van der Waals surface area contributed by atoms with Crippen molar-refractivity contribution in [1.82, 2.24) is 24.6 Å². The largest absolute Gasteiger partial charge is 0.333 e. The minimum absolute atomic E-state index is 0.0921. The van der Waals surface area contributed by atoms with Gasteiger partial charge in [0, 0.05) is 25.1 Å². The predicted octanol–water partition coefficient (Wildman–Crippen LogP) is 3.11. The molecule has 0 spiro atoms. The van der Waals surface area contributed by atoms with E-state index >= 15 is 0 Å². The summed E-state index contributed by atoms with van der Waals surface area (Å²) < 4.78 is 1.77. The summed E-state index contributed by atoms with van der Waals surface area (Å²) in [4.78, 5) is 23.1. The molecule has 1 amide bonds. The molecule has 3 aromatic heterocycles. The third-order valence-corrected chi connectivity index (χ3v) is 4.24. The van der Waals surface area contributed by atoms with E-state index in [0.29, 0.717) is 11.4 Å². The van der Waals surface area contributed by atoms with Gasteiger partial charge in [0.15, 0.2) is 5.82 Å². The molecule has 3 heterocycles. The highest BCUT2D eigenvalue weighted by molar-refractivity contribution is 5.94. The standard InChI is InChI=1S/C19H21N5O/c1-13-11-14(2)24(22-13)18-9-8-16(12-21-18)19(25)23(4)15(3)17-7-5-6-10-20-17/h5-12,15H,1-4H3/t15-/m1/s1. The molecule has 0 aliphatic heterocycles. The summed E-state index contributed by atoms with van der Waals surface area (Å²) >= 11 is 0. The average Bonchev–Trinajstić information content (AvgIpc) is 2.99. The highest BCUT2D eigenvalue weighted by atomic mass is 16.2. The molecule has 1 atom stereocenters. The van der Waals surface area contributed by atoms with Crippen LogP contribution in [0.3, 0.4) is 0 Å². The smallest absolute Gasteiger partial charge is 0.255 e. The minimum atomic E-state index is -0.121. The summed E-state index contributed by atoms with van der Waals surface area (Å²) in [5.41, 5.74) is 3.33. The molecule has 0 N–H and O–H groups in total. The SMILES string of the molecule is Cc1cc(C)n(-c2ccc(C(=O)N(C)[C@H](C)c3ccccn3)cn2)n1. The van der Waals surface area contributed by atoms with Crippen molar-refractivity contribution in [3.63, 3.8) is 0 Å². The Morgan fingerprint density at radius 2 is 1.96 bits per heavy atom. The molecule has 6 nitrogen and oxygen atoms in total. The van der Waals surface area contributed by atoms with E-state index in [4.69, 9.17) is 0 Å². The summed E-state index contributed by atoms with van der Waals surface area (Å²) in [6.07, 6.45) is 3.32. The van der Waals surface area contributed by atoms with Crippen LogP contribution in [0.1, 0.15) is 40.4 Å². The second-order valence-corrected chi connectivity index (χ2v) is 6.09. The summed E-state index contributed by atoms with van der Waals surface area (Å²) in [5, 5.41) is 4.41. The van der Waals surface area contributed by atoms with Crippen LogP contribution in [0.5, 0.6) is 0 Å². The van der Waals surface area contributed by atoms with Crippen molar-refractivity contribution in [3.05, 3.63) is 71.4 Å². The molecule has 0 radical (unpaired) electrons. The van der Waals surface area contributed by atoms with Crippen LogP contribution >= 0.6 is 0 Å². The van der Waals surface area contributed by atoms with Crippen LogP contribution in [0.25, 0.3) is 5.82 Å². The van der Waals surface area contributed by atoms with Gasteiger partial charge in [-0.15, -0.1) is 0 Å². The molecule has 0 saturated carbocycles. The average molecular weight is 335 g/mol. The lowest BCUT2D eigenvalue weighted by molar-refractivity contribution is 0.0739. The van der Waals surface area contributed by atoms with Crippen LogP contribution in [0.4, 0.5) is 0 Å². The van der Waals surface area contributed by atoms with Crippen molar-refractivity contribution >= 4 is 5.91 Å². The Morgan fingerprint density at radius 3 is 2.52 bits per heavy atom. The van der Waals surface area contributed by atoms with Gasteiger partial charge >= 0.3 is 0 Å². The third-order valence-electron chi connectivity index (χ3n) is 4.24. The number of hydrogen-bond donors (Lipinski definition) is 0. The first kappa shape index (κ1) is 16.8. The van der Waals surface area contributed by atoms with Crippen molar-refractivity contribution in [2.75, 3.05) is 7.05 Å². The van der Waals surface area contributed by atoms with Gasteiger partial charge in [-0.2, -0.15) is 5.10 Å². The summed E-state index contributed by atoms with van der Waals surface area (Å²) in [6, 6.07) is 11.2. The lowest BCUT2D eigenvalue weighted by atomic mass is 10.1. The van der Waals surface area contributed by atoms with Gasteiger partial charge in [-0.05, 0) is 51.1 Å². The van der Waals surface area contributed by atoms with Crippen LogP contribution < -0.4 is 0 Å². The molecule has 128 valence electrons. The maximum absolute atomic E-state index is 12.7. The van der Waals surface area contributed by atoms with Crippen molar-refractivity contribution in [3.8, 4) is 5.82 Å². The number of rotatable bonds is 4. The van der Waals surface area contributed by atoms with Crippen molar-refractivity contribution in [2.45, 2.75) is 26.8 Å². The monoisotopic (exact) mass is 335 g/mol. The molecule has 3 aromatic rings. The first-order valence-corrected chi connectivity index (χ1v) is 8.15. The maximum atomic E-state index is 12.7. The van der Waals surface area contributed by atoms with Gasteiger partial charge in [0.25, 0.3) is 5.91 Å². The molecular weight excluding hydrogens is 314 g/mol. The molecule has 0 aliphatic carbocycles. The molecule has 0 fully saturated rings. The van der Waals surface area contributed by atoms with Crippen molar-refractivity contribution in [2.24, 2.45) is 0 Å².